The largest absolute Gasteiger partial charge is 0.381 e. The summed E-state index contributed by atoms with van der Waals surface area (Å²) in [6.07, 6.45) is 4.93. The van der Waals surface area contributed by atoms with E-state index in [-0.39, 0.29) is 23.3 Å². The molecule has 2 fully saturated rings. The van der Waals surface area contributed by atoms with Gasteiger partial charge in [0.1, 0.15) is 30.0 Å². The number of aliphatic imine (C=N–C) groups is 1. The van der Waals surface area contributed by atoms with E-state index in [9.17, 15) is 14.5 Å². The van der Waals surface area contributed by atoms with Gasteiger partial charge < -0.3 is 23.9 Å². The Bertz CT molecular complexity index is 2910. The lowest BCUT2D eigenvalue weighted by Crippen LogP contribution is -2.43. The lowest BCUT2D eigenvalue weighted by atomic mass is 9.91. The Labute approximate surface area is 357 Å². The predicted molar refractivity (Wildman–Crippen MR) is 234 cm³/mol. The standard InChI is InChI=1S/C46H50FN8O6P/c1-26-21-34(22-27(2)40(26)47)55-41(53-18-17-52(45(53)58)33-8-10-35(11-9-33)62(5,6)59)39-29(4)51(16-13-36(39)49-55)42(56)38-24-32-23-31(30-14-19-60-20-15-30)7-12-37(32)54(38)46(25-28(46)3)43-48-44(57)61-50-43/h7-12,17-18,21-24,28-30,44,57H,13-16,19-20,25H2,1-6H3,(H,48,50)/t28-,29-,44?,46-/m0/s1. The minimum Gasteiger partial charge on any atom is -0.381 e. The van der Waals surface area contributed by atoms with Crippen molar-refractivity contribution in [3.8, 4) is 17.2 Å². The van der Waals surface area contributed by atoms with Crippen molar-refractivity contribution in [1.82, 2.24) is 33.9 Å². The molecule has 1 unspecified atom stereocenters. The molecule has 16 heteroatoms. The molecule has 3 aromatic carbocycles. The number of carbonyl (C=O) groups excluding carboxylic acids is 1. The first-order valence-corrected chi connectivity index (χ1v) is 23.8. The highest BCUT2D eigenvalue weighted by Gasteiger charge is 2.60. The van der Waals surface area contributed by atoms with Crippen molar-refractivity contribution in [1.29, 1.82) is 0 Å². The quantitative estimate of drug-likeness (QED) is 0.168. The van der Waals surface area contributed by atoms with Crippen molar-refractivity contribution in [3.63, 3.8) is 0 Å². The molecule has 4 atom stereocenters. The van der Waals surface area contributed by atoms with Gasteiger partial charge in [-0.1, -0.05) is 13.0 Å². The van der Waals surface area contributed by atoms with Crippen molar-refractivity contribution < 1.29 is 28.4 Å². The number of aryl methyl sites for hydroxylation is 2. The number of fused-ring (bicyclic) bond motifs is 2. The van der Waals surface area contributed by atoms with Gasteiger partial charge in [0, 0.05) is 60.3 Å². The number of imidazole rings is 1. The highest BCUT2D eigenvalue weighted by atomic mass is 31.2. The molecule has 2 N–H and O–H groups in total. The van der Waals surface area contributed by atoms with E-state index < -0.39 is 25.1 Å². The third-order valence-electron chi connectivity index (χ3n) is 13.4. The molecule has 14 nitrogen and oxygen atoms in total. The molecule has 0 spiro atoms. The van der Waals surface area contributed by atoms with E-state index in [1.807, 2.05) is 17.9 Å². The van der Waals surface area contributed by atoms with E-state index >= 15 is 9.18 Å². The van der Waals surface area contributed by atoms with E-state index in [1.54, 1.807) is 80.7 Å². The maximum Gasteiger partial charge on any atom is 0.338 e. The summed E-state index contributed by atoms with van der Waals surface area (Å²) in [6.45, 7) is 12.7. The Kier molecular flexibility index (Phi) is 9.63. The van der Waals surface area contributed by atoms with Gasteiger partial charge >= 0.3 is 5.69 Å². The van der Waals surface area contributed by atoms with Crippen LogP contribution in [-0.4, -0.2) is 84.7 Å². The van der Waals surface area contributed by atoms with E-state index in [4.69, 9.17) is 14.7 Å². The Balaban J connectivity index is 1.11. The number of aliphatic hydroxyl groups excluding tert-OH is 1. The molecule has 1 saturated carbocycles. The van der Waals surface area contributed by atoms with Crippen molar-refractivity contribution in [2.75, 3.05) is 33.1 Å². The van der Waals surface area contributed by atoms with Crippen LogP contribution in [0, 0.1) is 25.6 Å². The van der Waals surface area contributed by atoms with Crippen LogP contribution >= 0.6 is 7.14 Å². The lowest BCUT2D eigenvalue weighted by molar-refractivity contribution is -0.103. The number of aromatic nitrogens is 5. The van der Waals surface area contributed by atoms with Crippen LogP contribution in [0.1, 0.15) is 83.5 Å². The van der Waals surface area contributed by atoms with Crippen LogP contribution in [0.25, 0.3) is 28.1 Å². The molecule has 1 aliphatic carbocycles. The smallest absolute Gasteiger partial charge is 0.338 e. The molecule has 6 aromatic rings. The van der Waals surface area contributed by atoms with E-state index in [1.165, 1.54) is 14.7 Å². The summed E-state index contributed by atoms with van der Waals surface area (Å²) in [5, 5.41) is 17.1. The van der Waals surface area contributed by atoms with Gasteiger partial charge in [-0.2, -0.15) is 5.10 Å². The third-order valence-corrected chi connectivity index (χ3v) is 15.0. The highest BCUT2D eigenvalue weighted by Crippen LogP contribution is 2.54. The number of halogens is 1. The summed E-state index contributed by atoms with van der Waals surface area (Å²) in [7, 11) is -2.52. The monoisotopic (exact) mass is 860 g/mol. The number of aliphatic hydroxyl groups is 1. The first-order chi connectivity index (χ1) is 29.6. The lowest BCUT2D eigenvalue weighted by Gasteiger charge is -2.34. The van der Waals surface area contributed by atoms with Crippen LogP contribution < -0.4 is 16.5 Å². The van der Waals surface area contributed by atoms with E-state index in [0.29, 0.717) is 89.2 Å². The van der Waals surface area contributed by atoms with Crippen molar-refractivity contribution in [2.45, 2.75) is 77.3 Å². The van der Waals surface area contributed by atoms with E-state index in [2.05, 4.69) is 40.2 Å². The van der Waals surface area contributed by atoms with Gasteiger partial charge in [-0.3, -0.25) is 13.9 Å². The zero-order valence-electron chi connectivity index (χ0n) is 35.6. The van der Waals surface area contributed by atoms with Crippen LogP contribution in [0.15, 0.2) is 82.8 Å². The van der Waals surface area contributed by atoms with Gasteiger partial charge in [0.25, 0.3) is 12.3 Å². The van der Waals surface area contributed by atoms with Crippen LogP contribution in [0.3, 0.4) is 0 Å². The number of amidine groups is 1. The molecule has 1 saturated heterocycles. The number of ether oxygens (including phenoxy) is 1. The molecule has 322 valence electrons. The number of hydrogen-bond acceptors (Lipinski definition) is 9. The van der Waals surface area contributed by atoms with Gasteiger partial charge in [0.15, 0.2) is 5.84 Å². The number of hydroxylamine groups is 1. The topological polar surface area (TPSA) is 150 Å². The summed E-state index contributed by atoms with van der Waals surface area (Å²) in [4.78, 5) is 41.6. The number of hydrogen-bond donors (Lipinski definition) is 2. The summed E-state index contributed by atoms with van der Waals surface area (Å²) >= 11 is 0. The summed E-state index contributed by atoms with van der Waals surface area (Å²) in [6, 6.07) is 18.4. The van der Waals surface area contributed by atoms with Crippen molar-refractivity contribution >= 4 is 35.1 Å². The first-order valence-electron chi connectivity index (χ1n) is 21.2. The average molecular weight is 861 g/mol. The summed E-state index contributed by atoms with van der Waals surface area (Å²) < 4.78 is 40.3. The Morgan fingerprint density at radius 2 is 1.66 bits per heavy atom. The van der Waals surface area contributed by atoms with Gasteiger partial charge in [-0.05, 0) is 136 Å². The molecule has 4 aliphatic rings. The van der Waals surface area contributed by atoms with E-state index in [0.717, 1.165) is 29.4 Å². The third kappa shape index (κ3) is 6.42. The molecule has 10 rings (SSSR count). The van der Waals surface area contributed by atoms with Gasteiger partial charge in [-0.15, -0.1) is 0 Å². The molecule has 1 amide bonds. The fourth-order valence-corrected chi connectivity index (χ4v) is 10.8. The second-order valence-corrected chi connectivity index (χ2v) is 20.9. The molecule has 0 bridgehead atoms. The molecular weight excluding hydrogens is 811 g/mol. The first kappa shape index (κ1) is 40.5. The molecule has 0 radical (unpaired) electrons. The van der Waals surface area contributed by atoms with Crippen LogP contribution in [0.2, 0.25) is 0 Å². The number of nitrogens with zero attached hydrogens (tertiary/aromatic N) is 7. The molecule has 3 aliphatic heterocycles. The molecule has 6 heterocycles. The van der Waals surface area contributed by atoms with Gasteiger partial charge in [0.2, 0.25) is 0 Å². The maximum absolute atomic E-state index is 15.4. The zero-order valence-corrected chi connectivity index (χ0v) is 36.5. The normalized spacial score (nSPS) is 22.8. The number of amides is 1. The van der Waals surface area contributed by atoms with Gasteiger partial charge in [-0.25, -0.2) is 29.2 Å². The number of nitrogens with one attached hydrogen (secondary N) is 1. The Morgan fingerprint density at radius 3 is 2.31 bits per heavy atom. The van der Waals surface area contributed by atoms with Crippen molar-refractivity contribution in [2.24, 2.45) is 10.9 Å². The Hall–Kier alpha value is -5.60. The summed E-state index contributed by atoms with van der Waals surface area (Å²) in [5.41, 5.74) is 7.78. The number of rotatable bonds is 8. The van der Waals surface area contributed by atoms with Gasteiger partial charge in [0.05, 0.1) is 23.1 Å². The zero-order chi connectivity index (χ0) is 43.4. The van der Waals surface area contributed by atoms with Crippen LogP contribution in [0.5, 0.6) is 0 Å². The van der Waals surface area contributed by atoms with Crippen LogP contribution in [0.4, 0.5) is 4.39 Å². The molecule has 62 heavy (non-hydrogen) atoms. The second-order valence-electron chi connectivity index (χ2n) is 17.7. The Morgan fingerprint density at radius 1 is 0.968 bits per heavy atom. The highest BCUT2D eigenvalue weighted by molar-refractivity contribution is 7.70. The number of carbonyl (C=O) groups is 1. The fourth-order valence-electron chi connectivity index (χ4n) is 9.98. The predicted octanol–water partition coefficient (Wildman–Crippen LogP) is 6.37. The molecular formula is C46H50FN8O6P. The number of benzene rings is 3. The average Bonchev–Trinajstić information content (AvgIpc) is 3.75. The second kappa shape index (κ2) is 14.8. The summed E-state index contributed by atoms with van der Waals surface area (Å²) in [5.74, 6) is 0.821. The fraction of sp³-hybridized carbons (Fsp3) is 0.391. The minimum absolute atomic E-state index is 0.0679. The molecule has 3 aromatic heterocycles. The van der Waals surface area contributed by atoms with Crippen LogP contribution in [-0.2, 0) is 26.1 Å². The SMILES string of the molecule is Cc1cc(-n2nc3c(c2-n2ccn(-c4ccc(P(C)(C)=O)cc4)c2=O)[C@H](C)N(C(=O)c2cc4cc(C5CCOCC5)ccc4n2[C@@]2(C4=NC(O)ON4)C[C@@H]2C)CC3)cc(C)c1F. The van der Waals surface area contributed by atoms with Crippen molar-refractivity contribution in [3.05, 3.63) is 123 Å². The maximum atomic E-state index is 15.4. The minimum atomic E-state index is -2.52.